The number of methoxy groups -OCH3 is 1. The number of carbonyl (C=O) groups is 1. The molecule has 1 aliphatic rings. The Balaban J connectivity index is 1.61. The van der Waals surface area contributed by atoms with E-state index in [0.717, 1.165) is 16.9 Å². The van der Waals surface area contributed by atoms with Crippen molar-refractivity contribution >= 4 is 6.03 Å². The van der Waals surface area contributed by atoms with Crippen LogP contribution in [0.3, 0.4) is 0 Å². The smallest absolute Gasteiger partial charge is 0.315 e. The van der Waals surface area contributed by atoms with Gasteiger partial charge < -0.3 is 29.6 Å². The molecule has 2 aromatic rings. The van der Waals surface area contributed by atoms with Crippen LogP contribution in [-0.2, 0) is 0 Å². The van der Waals surface area contributed by atoms with E-state index in [4.69, 9.17) is 18.9 Å². The maximum Gasteiger partial charge on any atom is 0.315 e. The number of amides is 2. The van der Waals surface area contributed by atoms with E-state index in [2.05, 4.69) is 10.6 Å². The summed E-state index contributed by atoms with van der Waals surface area (Å²) in [6, 6.07) is 10.7. The van der Waals surface area contributed by atoms with E-state index in [1.54, 1.807) is 7.11 Å². The minimum atomic E-state index is -0.260. The Bertz CT molecular complexity index is 868. The third-order valence-electron chi connectivity index (χ3n) is 4.64. The highest BCUT2D eigenvalue weighted by Gasteiger charge is 2.18. The van der Waals surface area contributed by atoms with E-state index in [1.165, 1.54) is 0 Å². The number of benzene rings is 2. The molecule has 2 aromatic carbocycles. The second-order valence-corrected chi connectivity index (χ2v) is 7.25. The lowest BCUT2D eigenvalue weighted by molar-refractivity contribution is 0.174. The Morgan fingerprint density at radius 3 is 2.17 bits per heavy atom. The Morgan fingerprint density at radius 2 is 1.52 bits per heavy atom. The van der Waals surface area contributed by atoms with Crippen LogP contribution >= 0.6 is 0 Å². The van der Waals surface area contributed by atoms with Crippen LogP contribution in [0.5, 0.6) is 23.0 Å². The fourth-order valence-electron chi connectivity index (χ4n) is 3.09. The second-order valence-electron chi connectivity index (χ2n) is 7.25. The van der Waals surface area contributed by atoms with Crippen molar-refractivity contribution in [1.29, 1.82) is 0 Å². The molecule has 0 aliphatic carbocycles. The molecule has 2 unspecified atom stereocenters. The molecule has 156 valence electrons. The van der Waals surface area contributed by atoms with Crippen molar-refractivity contribution in [3.05, 3.63) is 47.5 Å². The molecule has 0 radical (unpaired) electrons. The monoisotopic (exact) mass is 400 g/mol. The van der Waals surface area contributed by atoms with Crippen molar-refractivity contribution in [2.24, 2.45) is 0 Å². The Labute approximate surface area is 171 Å². The first-order valence-corrected chi connectivity index (χ1v) is 9.68. The molecule has 0 aromatic heterocycles. The van der Waals surface area contributed by atoms with Gasteiger partial charge in [-0.25, -0.2) is 4.79 Å². The number of rotatable bonds is 7. The molecule has 2 amide bonds. The average Bonchev–Trinajstić information content (AvgIpc) is 3.15. The molecule has 2 N–H and O–H groups in total. The van der Waals surface area contributed by atoms with Crippen molar-refractivity contribution in [2.75, 3.05) is 13.9 Å². The van der Waals surface area contributed by atoms with Crippen molar-refractivity contribution in [3.8, 4) is 23.0 Å². The predicted molar refractivity (Wildman–Crippen MR) is 110 cm³/mol. The first-order chi connectivity index (χ1) is 13.9. The molecule has 29 heavy (non-hydrogen) atoms. The lowest BCUT2D eigenvalue weighted by Gasteiger charge is -2.20. The molecule has 3 rings (SSSR count). The minimum Gasteiger partial charge on any atom is -0.493 e. The number of hydrogen-bond donors (Lipinski definition) is 2. The van der Waals surface area contributed by atoms with Crippen LogP contribution in [0.15, 0.2) is 36.4 Å². The van der Waals surface area contributed by atoms with Crippen LogP contribution in [0.2, 0.25) is 0 Å². The SMILES string of the molecule is COc1cc(C(C)NC(=O)NC(C)c2ccc3c(c2)OCO3)ccc1OC(C)C. The summed E-state index contributed by atoms with van der Waals surface area (Å²) >= 11 is 0. The van der Waals surface area contributed by atoms with Crippen molar-refractivity contribution in [1.82, 2.24) is 10.6 Å². The van der Waals surface area contributed by atoms with E-state index >= 15 is 0 Å². The summed E-state index contributed by atoms with van der Waals surface area (Å²) in [6.45, 7) is 7.99. The van der Waals surface area contributed by atoms with Gasteiger partial charge in [-0.05, 0) is 63.1 Å². The summed E-state index contributed by atoms with van der Waals surface area (Å²) in [5.74, 6) is 2.73. The van der Waals surface area contributed by atoms with Crippen molar-refractivity contribution in [3.63, 3.8) is 0 Å². The normalized spacial score (nSPS) is 14.3. The molecular formula is C22H28N2O5. The summed E-state index contributed by atoms with van der Waals surface area (Å²) in [7, 11) is 1.60. The van der Waals surface area contributed by atoms with Gasteiger partial charge in [0.25, 0.3) is 0 Å². The highest BCUT2D eigenvalue weighted by atomic mass is 16.7. The third-order valence-corrected chi connectivity index (χ3v) is 4.64. The van der Waals surface area contributed by atoms with E-state index < -0.39 is 0 Å². The van der Waals surface area contributed by atoms with Crippen LogP contribution in [0.25, 0.3) is 0 Å². The topological polar surface area (TPSA) is 78.1 Å². The largest absolute Gasteiger partial charge is 0.493 e. The molecule has 0 spiro atoms. The Kier molecular flexibility index (Phi) is 6.36. The number of fused-ring (bicyclic) bond motifs is 1. The summed E-state index contributed by atoms with van der Waals surface area (Å²) in [5, 5.41) is 5.91. The lowest BCUT2D eigenvalue weighted by Crippen LogP contribution is -2.38. The summed E-state index contributed by atoms with van der Waals surface area (Å²) in [6.07, 6.45) is 0.0498. The predicted octanol–water partition coefficient (Wildman–Crippen LogP) is 4.33. The van der Waals surface area contributed by atoms with Gasteiger partial charge in [-0.2, -0.15) is 0 Å². The van der Waals surface area contributed by atoms with E-state index in [9.17, 15) is 4.79 Å². The van der Waals surface area contributed by atoms with Gasteiger partial charge in [-0.1, -0.05) is 12.1 Å². The molecule has 2 atom stereocenters. The number of ether oxygens (including phenoxy) is 4. The van der Waals surface area contributed by atoms with Crippen molar-refractivity contribution < 1.29 is 23.7 Å². The zero-order chi connectivity index (χ0) is 21.0. The van der Waals surface area contributed by atoms with E-state index in [0.29, 0.717) is 17.2 Å². The zero-order valence-corrected chi connectivity index (χ0v) is 17.4. The van der Waals surface area contributed by atoms with Gasteiger partial charge in [-0.15, -0.1) is 0 Å². The van der Waals surface area contributed by atoms with Crippen molar-refractivity contribution in [2.45, 2.75) is 45.9 Å². The maximum absolute atomic E-state index is 12.5. The zero-order valence-electron chi connectivity index (χ0n) is 17.4. The molecule has 1 heterocycles. The second kappa shape index (κ2) is 8.94. The Hall–Kier alpha value is -3.09. The summed E-state index contributed by atoms with van der Waals surface area (Å²) in [5.41, 5.74) is 1.86. The lowest BCUT2D eigenvalue weighted by atomic mass is 10.1. The Morgan fingerprint density at radius 1 is 0.897 bits per heavy atom. The molecular weight excluding hydrogens is 372 g/mol. The van der Waals surface area contributed by atoms with Gasteiger partial charge in [0, 0.05) is 0 Å². The molecule has 7 heteroatoms. The van der Waals surface area contributed by atoms with Crippen LogP contribution in [-0.4, -0.2) is 26.0 Å². The first-order valence-electron chi connectivity index (χ1n) is 9.68. The molecule has 0 saturated heterocycles. The molecule has 0 saturated carbocycles. The summed E-state index contributed by atoms with van der Waals surface area (Å²) in [4.78, 5) is 12.5. The van der Waals surface area contributed by atoms with Gasteiger partial charge in [0.2, 0.25) is 6.79 Å². The van der Waals surface area contributed by atoms with Gasteiger partial charge in [-0.3, -0.25) is 0 Å². The third kappa shape index (κ3) is 5.04. The van der Waals surface area contributed by atoms with Crippen LogP contribution in [0, 0.1) is 0 Å². The summed E-state index contributed by atoms with van der Waals surface area (Å²) < 4.78 is 21.9. The van der Waals surface area contributed by atoms with Gasteiger partial charge in [0.1, 0.15) is 0 Å². The first kappa shape index (κ1) is 20.6. The quantitative estimate of drug-likeness (QED) is 0.723. The molecule has 0 fully saturated rings. The van der Waals surface area contributed by atoms with Gasteiger partial charge in [0.15, 0.2) is 23.0 Å². The van der Waals surface area contributed by atoms with Crippen LogP contribution in [0.1, 0.15) is 50.9 Å². The van der Waals surface area contributed by atoms with Crippen LogP contribution in [0.4, 0.5) is 4.79 Å². The number of nitrogens with one attached hydrogen (secondary N) is 2. The number of urea groups is 1. The number of hydrogen-bond acceptors (Lipinski definition) is 5. The minimum absolute atomic E-state index is 0.0498. The van der Waals surface area contributed by atoms with Gasteiger partial charge >= 0.3 is 6.03 Å². The maximum atomic E-state index is 12.5. The fourth-order valence-corrected chi connectivity index (χ4v) is 3.09. The fraction of sp³-hybridized carbons (Fsp3) is 0.409. The highest BCUT2D eigenvalue weighted by molar-refractivity contribution is 5.75. The van der Waals surface area contributed by atoms with Gasteiger partial charge in [0.05, 0.1) is 25.3 Å². The van der Waals surface area contributed by atoms with E-state index in [1.807, 2.05) is 64.1 Å². The standard InChI is InChI=1S/C22H28N2O5/c1-13(2)29-19-9-7-16(10-20(19)26-5)14(3)23-22(25)24-15(4)17-6-8-18-21(11-17)28-12-27-18/h6-11,13-15H,12H2,1-5H3,(H2,23,24,25). The van der Waals surface area contributed by atoms with Crippen LogP contribution < -0.4 is 29.6 Å². The molecule has 7 nitrogen and oxygen atoms in total. The molecule has 1 aliphatic heterocycles. The highest BCUT2D eigenvalue weighted by Crippen LogP contribution is 2.34. The number of carbonyl (C=O) groups excluding carboxylic acids is 1. The average molecular weight is 400 g/mol. The van der Waals surface area contributed by atoms with E-state index in [-0.39, 0.29) is 31.0 Å². The molecule has 0 bridgehead atoms.